The molecule has 0 saturated carbocycles. The third-order valence-corrected chi connectivity index (χ3v) is 4.39. The van der Waals surface area contributed by atoms with Crippen molar-refractivity contribution in [1.82, 2.24) is 0 Å². The summed E-state index contributed by atoms with van der Waals surface area (Å²) >= 11 is 9.43. The maximum atomic E-state index is 14.0. The number of hydrogen-bond donors (Lipinski definition) is 0. The lowest BCUT2D eigenvalue weighted by atomic mass is 10.0. The fraction of sp³-hybridized carbons (Fsp3) is 0.188. The maximum Gasteiger partial charge on any atom is 0.262 e. The quantitative estimate of drug-likeness (QED) is 0.705. The van der Waals surface area contributed by atoms with Gasteiger partial charge >= 0.3 is 0 Å². The van der Waals surface area contributed by atoms with Gasteiger partial charge in [0.25, 0.3) is 5.91 Å². The first kappa shape index (κ1) is 14.5. The van der Waals surface area contributed by atoms with Crippen LogP contribution in [0, 0.1) is 5.82 Å². The Balaban J connectivity index is 2.05. The molecule has 2 aromatic carbocycles. The van der Waals surface area contributed by atoms with Gasteiger partial charge in [-0.3, -0.25) is 4.79 Å². The number of halogens is 3. The molecule has 5 heteroatoms. The SMILES string of the molecule is O=C(c1c(F)cccc1Cl)N1CCCc2cc(Br)ccc21. The van der Waals surface area contributed by atoms with Crippen molar-refractivity contribution in [3.05, 3.63) is 62.8 Å². The van der Waals surface area contributed by atoms with Gasteiger partial charge in [0, 0.05) is 16.7 Å². The Kier molecular flexibility index (Phi) is 4.00. The van der Waals surface area contributed by atoms with Crippen LogP contribution in [-0.2, 0) is 6.42 Å². The lowest BCUT2D eigenvalue weighted by molar-refractivity contribution is 0.0981. The highest BCUT2D eigenvalue weighted by Crippen LogP contribution is 2.32. The maximum absolute atomic E-state index is 14.0. The molecule has 0 unspecified atom stereocenters. The number of anilines is 1. The van der Waals surface area contributed by atoms with E-state index in [0.717, 1.165) is 28.6 Å². The van der Waals surface area contributed by atoms with Gasteiger partial charge in [0.05, 0.1) is 10.6 Å². The molecule has 0 aromatic heterocycles. The van der Waals surface area contributed by atoms with Crippen molar-refractivity contribution in [2.45, 2.75) is 12.8 Å². The van der Waals surface area contributed by atoms with Gasteiger partial charge < -0.3 is 4.90 Å². The zero-order chi connectivity index (χ0) is 15.0. The average Bonchev–Trinajstić information content (AvgIpc) is 2.46. The van der Waals surface area contributed by atoms with Crippen LogP contribution in [0.25, 0.3) is 0 Å². The number of amides is 1. The van der Waals surface area contributed by atoms with E-state index in [1.807, 2.05) is 18.2 Å². The highest BCUT2D eigenvalue weighted by atomic mass is 79.9. The zero-order valence-electron chi connectivity index (χ0n) is 11.1. The smallest absolute Gasteiger partial charge is 0.262 e. The number of aryl methyl sites for hydroxylation is 1. The Morgan fingerprint density at radius 3 is 2.86 bits per heavy atom. The molecule has 2 aromatic rings. The standard InChI is InChI=1S/C16H12BrClFNO/c17-11-6-7-14-10(9-11)3-2-8-20(14)16(21)15-12(18)4-1-5-13(15)19/h1,4-7,9H,2-3,8H2. The lowest BCUT2D eigenvalue weighted by Gasteiger charge is -2.30. The second kappa shape index (κ2) is 5.78. The van der Waals surface area contributed by atoms with E-state index in [0.29, 0.717) is 6.54 Å². The third kappa shape index (κ3) is 2.70. The summed E-state index contributed by atoms with van der Waals surface area (Å²) in [6.07, 6.45) is 1.75. The van der Waals surface area contributed by atoms with E-state index >= 15 is 0 Å². The number of carbonyl (C=O) groups is 1. The fourth-order valence-corrected chi connectivity index (χ4v) is 3.27. The van der Waals surface area contributed by atoms with E-state index in [1.165, 1.54) is 18.2 Å². The molecule has 2 nitrogen and oxygen atoms in total. The topological polar surface area (TPSA) is 20.3 Å². The Hall–Kier alpha value is -1.39. The van der Waals surface area contributed by atoms with Crippen LogP contribution in [0.15, 0.2) is 40.9 Å². The molecule has 1 heterocycles. The summed E-state index contributed by atoms with van der Waals surface area (Å²) in [5.74, 6) is -0.974. The first-order valence-electron chi connectivity index (χ1n) is 6.62. The van der Waals surface area contributed by atoms with Gasteiger partial charge in [0.2, 0.25) is 0 Å². The fourth-order valence-electron chi connectivity index (χ4n) is 2.61. The summed E-state index contributed by atoms with van der Waals surface area (Å²) in [4.78, 5) is 14.3. The average molecular weight is 369 g/mol. The van der Waals surface area contributed by atoms with Gasteiger partial charge in [0.15, 0.2) is 0 Å². The van der Waals surface area contributed by atoms with Crippen LogP contribution >= 0.6 is 27.5 Å². The summed E-state index contributed by atoms with van der Waals surface area (Å²) in [6.45, 7) is 0.568. The van der Waals surface area contributed by atoms with Crippen LogP contribution in [0.3, 0.4) is 0 Å². The molecule has 0 N–H and O–H groups in total. The molecular weight excluding hydrogens is 357 g/mol. The predicted molar refractivity (Wildman–Crippen MR) is 85.5 cm³/mol. The number of hydrogen-bond acceptors (Lipinski definition) is 1. The molecule has 0 radical (unpaired) electrons. The van der Waals surface area contributed by atoms with E-state index in [9.17, 15) is 9.18 Å². The van der Waals surface area contributed by atoms with Gasteiger partial charge in [0.1, 0.15) is 5.82 Å². The van der Waals surface area contributed by atoms with E-state index in [4.69, 9.17) is 11.6 Å². The van der Waals surface area contributed by atoms with Crippen molar-refractivity contribution in [2.75, 3.05) is 11.4 Å². The molecule has 1 aliphatic rings. The number of carbonyl (C=O) groups excluding carboxylic acids is 1. The summed E-state index contributed by atoms with van der Waals surface area (Å²) in [7, 11) is 0. The van der Waals surface area contributed by atoms with Crippen molar-refractivity contribution in [2.24, 2.45) is 0 Å². The van der Waals surface area contributed by atoms with E-state index < -0.39 is 5.82 Å². The van der Waals surface area contributed by atoms with Crippen molar-refractivity contribution in [1.29, 1.82) is 0 Å². The van der Waals surface area contributed by atoms with E-state index in [1.54, 1.807) is 4.90 Å². The summed E-state index contributed by atoms with van der Waals surface area (Å²) in [5, 5.41) is 0.143. The second-order valence-corrected chi connectivity index (χ2v) is 6.25. The Morgan fingerprint density at radius 2 is 2.10 bits per heavy atom. The number of nitrogens with zero attached hydrogens (tertiary/aromatic N) is 1. The van der Waals surface area contributed by atoms with Crippen LogP contribution in [0.1, 0.15) is 22.3 Å². The van der Waals surface area contributed by atoms with Gasteiger partial charge in [-0.25, -0.2) is 4.39 Å². The number of benzene rings is 2. The van der Waals surface area contributed by atoms with Crippen LogP contribution < -0.4 is 4.90 Å². The van der Waals surface area contributed by atoms with Gasteiger partial charge in [-0.1, -0.05) is 33.6 Å². The highest BCUT2D eigenvalue weighted by molar-refractivity contribution is 9.10. The largest absolute Gasteiger partial charge is 0.308 e. The molecule has 1 aliphatic heterocycles. The van der Waals surface area contributed by atoms with Crippen molar-refractivity contribution in [3.8, 4) is 0 Å². The van der Waals surface area contributed by atoms with E-state index in [-0.39, 0.29) is 16.5 Å². The first-order valence-corrected chi connectivity index (χ1v) is 7.79. The molecular formula is C16H12BrClFNO. The number of rotatable bonds is 1. The van der Waals surface area contributed by atoms with Crippen LogP contribution in [0.4, 0.5) is 10.1 Å². The minimum Gasteiger partial charge on any atom is -0.308 e. The Labute approximate surface area is 135 Å². The highest BCUT2D eigenvalue weighted by Gasteiger charge is 2.27. The Morgan fingerprint density at radius 1 is 1.29 bits per heavy atom. The van der Waals surface area contributed by atoms with Crippen LogP contribution in [-0.4, -0.2) is 12.5 Å². The van der Waals surface area contributed by atoms with Gasteiger partial charge in [-0.15, -0.1) is 0 Å². The molecule has 0 fully saturated rings. The molecule has 0 atom stereocenters. The zero-order valence-corrected chi connectivity index (χ0v) is 13.4. The molecule has 0 spiro atoms. The molecule has 0 aliphatic carbocycles. The third-order valence-electron chi connectivity index (χ3n) is 3.58. The van der Waals surface area contributed by atoms with Crippen molar-refractivity contribution < 1.29 is 9.18 Å². The minimum atomic E-state index is -0.586. The second-order valence-electron chi connectivity index (χ2n) is 4.93. The Bertz CT molecular complexity index is 699. The molecule has 1 amide bonds. The summed E-state index contributed by atoms with van der Waals surface area (Å²) in [6, 6.07) is 10.0. The first-order chi connectivity index (χ1) is 10.1. The van der Waals surface area contributed by atoms with Crippen molar-refractivity contribution >= 4 is 39.1 Å². The van der Waals surface area contributed by atoms with Gasteiger partial charge in [-0.05, 0) is 48.7 Å². The van der Waals surface area contributed by atoms with Crippen LogP contribution in [0.5, 0.6) is 0 Å². The van der Waals surface area contributed by atoms with E-state index in [2.05, 4.69) is 15.9 Å². The van der Waals surface area contributed by atoms with Crippen molar-refractivity contribution in [3.63, 3.8) is 0 Å². The molecule has 0 saturated heterocycles. The molecule has 21 heavy (non-hydrogen) atoms. The van der Waals surface area contributed by atoms with Gasteiger partial charge in [-0.2, -0.15) is 0 Å². The minimum absolute atomic E-state index is 0.0602. The predicted octanol–water partition coefficient (Wildman–Crippen LogP) is 4.83. The summed E-state index contributed by atoms with van der Waals surface area (Å²) in [5.41, 5.74) is 1.85. The van der Waals surface area contributed by atoms with Crippen LogP contribution in [0.2, 0.25) is 5.02 Å². The molecule has 3 rings (SSSR count). The molecule has 0 bridgehead atoms. The summed E-state index contributed by atoms with van der Waals surface area (Å²) < 4.78 is 14.9. The normalized spacial score (nSPS) is 14.0. The lowest BCUT2D eigenvalue weighted by Crippen LogP contribution is -2.36. The monoisotopic (exact) mass is 367 g/mol. The molecule has 108 valence electrons. The number of fused-ring (bicyclic) bond motifs is 1.